The van der Waals surface area contributed by atoms with Crippen LogP contribution >= 0.6 is 11.8 Å². The molecule has 0 spiro atoms. The van der Waals surface area contributed by atoms with E-state index in [-0.39, 0.29) is 11.9 Å². The Labute approximate surface area is 97.8 Å². The van der Waals surface area contributed by atoms with Gasteiger partial charge in [0.25, 0.3) is 0 Å². The van der Waals surface area contributed by atoms with Gasteiger partial charge in [0, 0.05) is 13.1 Å². The van der Waals surface area contributed by atoms with Crippen molar-refractivity contribution in [2.24, 2.45) is 5.73 Å². The standard InChI is InChI=1S/C11H24N2OS/c1-4-7-13(8-5-2)11(14)10(12)6-9-15-3/h10H,4-9,12H2,1-3H3/t10-/m0/s1. The number of hydrogen-bond donors (Lipinski definition) is 1. The van der Waals surface area contributed by atoms with Gasteiger partial charge in [0.2, 0.25) is 5.91 Å². The zero-order chi connectivity index (χ0) is 11.7. The summed E-state index contributed by atoms with van der Waals surface area (Å²) >= 11 is 1.74. The minimum Gasteiger partial charge on any atom is -0.341 e. The van der Waals surface area contributed by atoms with Crippen LogP contribution in [-0.4, -0.2) is 41.9 Å². The number of thioether (sulfide) groups is 1. The van der Waals surface area contributed by atoms with E-state index in [0.717, 1.165) is 38.1 Å². The van der Waals surface area contributed by atoms with Crippen LogP contribution in [0.3, 0.4) is 0 Å². The lowest BCUT2D eigenvalue weighted by molar-refractivity contribution is -0.132. The summed E-state index contributed by atoms with van der Waals surface area (Å²) in [6, 6.07) is -0.310. The molecule has 1 atom stereocenters. The van der Waals surface area contributed by atoms with Crippen LogP contribution in [0.4, 0.5) is 0 Å². The van der Waals surface area contributed by atoms with Crippen molar-refractivity contribution in [2.45, 2.75) is 39.2 Å². The van der Waals surface area contributed by atoms with Crippen molar-refractivity contribution in [3.05, 3.63) is 0 Å². The lowest BCUT2D eigenvalue weighted by atomic mass is 10.2. The van der Waals surface area contributed by atoms with Crippen molar-refractivity contribution in [3.63, 3.8) is 0 Å². The van der Waals surface area contributed by atoms with Crippen LogP contribution < -0.4 is 5.73 Å². The molecular formula is C11H24N2OS. The van der Waals surface area contributed by atoms with E-state index in [4.69, 9.17) is 5.73 Å². The minimum atomic E-state index is -0.310. The fraction of sp³-hybridized carbons (Fsp3) is 0.909. The Morgan fingerprint density at radius 1 is 1.33 bits per heavy atom. The number of carbonyl (C=O) groups is 1. The molecule has 0 aromatic rings. The highest BCUT2D eigenvalue weighted by molar-refractivity contribution is 7.98. The Hall–Kier alpha value is -0.220. The average molecular weight is 232 g/mol. The zero-order valence-electron chi connectivity index (χ0n) is 10.2. The monoisotopic (exact) mass is 232 g/mol. The lowest BCUT2D eigenvalue weighted by Crippen LogP contribution is -2.44. The van der Waals surface area contributed by atoms with Crippen molar-refractivity contribution in [3.8, 4) is 0 Å². The third-order valence-corrected chi connectivity index (χ3v) is 2.89. The topological polar surface area (TPSA) is 46.3 Å². The summed E-state index contributed by atoms with van der Waals surface area (Å²) in [6.45, 7) is 5.84. The van der Waals surface area contributed by atoms with Crippen LogP contribution in [0.5, 0.6) is 0 Å². The molecule has 0 radical (unpaired) electrons. The second kappa shape index (κ2) is 9.04. The molecule has 0 bridgehead atoms. The summed E-state index contributed by atoms with van der Waals surface area (Å²) in [5.41, 5.74) is 5.86. The van der Waals surface area contributed by atoms with E-state index in [1.54, 1.807) is 11.8 Å². The predicted octanol–water partition coefficient (Wildman–Crippen LogP) is 1.72. The van der Waals surface area contributed by atoms with Crippen LogP contribution in [0.2, 0.25) is 0 Å². The quantitative estimate of drug-likeness (QED) is 0.693. The Morgan fingerprint density at radius 2 is 1.87 bits per heavy atom. The maximum Gasteiger partial charge on any atom is 0.239 e. The van der Waals surface area contributed by atoms with E-state index in [0.29, 0.717) is 0 Å². The van der Waals surface area contributed by atoms with Gasteiger partial charge in [-0.3, -0.25) is 4.79 Å². The Bertz CT molecular complexity index is 170. The summed E-state index contributed by atoms with van der Waals surface area (Å²) in [5.74, 6) is 1.08. The Balaban J connectivity index is 4.08. The van der Waals surface area contributed by atoms with Crippen LogP contribution in [0.25, 0.3) is 0 Å². The van der Waals surface area contributed by atoms with Gasteiger partial charge in [-0.05, 0) is 31.3 Å². The van der Waals surface area contributed by atoms with Crippen LogP contribution in [0.1, 0.15) is 33.1 Å². The zero-order valence-corrected chi connectivity index (χ0v) is 11.0. The molecule has 0 rings (SSSR count). The SMILES string of the molecule is CCCN(CCC)C(=O)[C@@H](N)CCSC. The predicted molar refractivity (Wildman–Crippen MR) is 68.1 cm³/mol. The van der Waals surface area contributed by atoms with Gasteiger partial charge < -0.3 is 10.6 Å². The van der Waals surface area contributed by atoms with E-state index in [1.807, 2.05) is 11.2 Å². The highest BCUT2D eigenvalue weighted by atomic mass is 32.2. The molecule has 90 valence electrons. The van der Waals surface area contributed by atoms with Crippen LogP contribution in [0, 0.1) is 0 Å². The molecule has 2 N–H and O–H groups in total. The number of amides is 1. The summed E-state index contributed by atoms with van der Waals surface area (Å²) in [5, 5.41) is 0. The van der Waals surface area contributed by atoms with Crippen molar-refractivity contribution < 1.29 is 4.79 Å². The van der Waals surface area contributed by atoms with Gasteiger partial charge in [-0.15, -0.1) is 0 Å². The van der Waals surface area contributed by atoms with E-state index in [9.17, 15) is 4.79 Å². The van der Waals surface area contributed by atoms with Crippen LogP contribution in [0.15, 0.2) is 0 Å². The summed E-state index contributed by atoms with van der Waals surface area (Å²) in [6.07, 6.45) is 4.82. The molecular weight excluding hydrogens is 208 g/mol. The molecule has 0 aromatic heterocycles. The smallest absolute Gasteiger partial charge is 0.239 e. The molecule has 0 saturated heterocycles. The van der Waals surface area contributed by atoms with Crippen molar-refractivity contribution >= 4 is 17.7 Å². The van der Waals surface area contributed by atoms with Gasteiger partial charge in [-0.25, -0.2) is 0 Å². The second-order valence-corrected chi connectivity index (χ2v) is 4.70. The van der Waals surface area contributed by atoms with Gasteiger partial charge >= 0.3 is 0 Å². The van der Waals surface area contributed by atoms with Gasteiger partial charge in [0.05, 0.1) is 6.04 Å². The summed E-state index contributed by atoms with van der Waals surface area (Å²) in [7, 11) is 0. The number of rotatable bonds is 8. The number of nitrogens with two attached hydrogens (primary N) is 1. The fourth-order valence-electron chi connectivity index (χ4n) is 1.47. The molecule has 0 saturated carbocycles. The number of hydrogen-bond acceptors (Lipinski definition) is 3. The van der Waals surface area contributed by atoms with Gasteiger partial charge in [-0.1, -0.05) is 13.8 Å². The van der Waals surface area contributed by atoms with Gasteiger partial charge in [-0.2, -0.15) is 11.8 Å². The van der Waals surface area contributed by atoms with Crippen molar-refractivity contribution in [2.75, 3.05) is 25.1 Å². The molecule has 0 fully saturated rings. The molecule has 0 aromatic carbocycles. The van der Waals surface area contributed by atoms with Crippen LogP contribution in [-0.2, 0) is 4.79 Å². The second-order valence-electron chi connectivity index (χ2n) is 3.71. The molecule has 15 heavy (non-hydrogen) atoms. The molecule has 0 unspecified atom stereocenters. The van der Waals surface area contributed by atoms with E-state index >= 15 is 0 Å². The van der Waals surface area contributed by atoms with Gasteiger partial charge in [0.15, 0.2) is 0 Å². The normalized spacial score (nSPS) is 12.5. The Morgan fingerprint density at radius 3 is 2.27 bits per heavy atom. The first-order chi connectivity index (χ1) is 7.17. The third kappa shape index (κ3) is 6.05. The first-order valence-corrected chi connectivity index (χ1v) is 7.10. The highest BCUT2D eigenvalue weighted by Gasteiger charge is 2.18. The summed E-state index contributed by atoms with van der Waals surface area (Å²) < 4.78 is 0. The van der Waals surface area contributed by atoms with E-state index in [2.05, 4.69) is 13.8 Å². The lowest BCUT2D eigenvalue weighted by Gasteiger charge is -2.24. The third-order valence-electron chi connectivity index (χ3n) is 2.25. The minimum absolute atomic E-state index is 0.118. The molecule has 0 aliphatic rings. The largest absolute Gasteiger partial charge is 0.341 e. The van der Waals surface area contributed by atoms with Crippen molar-refractivity contribution in [1.82, 2.24) is 4.90 Å². The number of nitrogens with zero attached hydrogens (tertiary/aromatic N) is 1. The maximum absolute atomic E-state index is 11.9. The van der Waals surface area contributed by atoms with E-state index < -0.39 is 0 Å². The maximum atomic E-state index is 11.9. The first-order valence-electron chi connectivity index (χ1n) is 5.70. The van der Waals surface area contributed by atoms with Crippen molar-refractivity contribution in [1.29, 1.82) is 0 Å². The molecule has 1 amide bonds. The molecule has 0 heterocycles. The summed E-state index contributed by atoms with van der Waals surface area (Å²) in [4.78, 5) is 13.8. The first kappa shape index (κ1) is 14.8. The highest BCUT2D eigenvalue weighted by Crippen LogP contribution is 2.04. The van der Waals surface area contributed by atoms with Gasteiger partial charge in [0.1, 0.15) is 0 Å². The number of carbonyl (C=O) groups excluding carboxylic acids is 1. The fourth-order valence-corrected chi connectivity index (χ4v) is 1.96. The Kier molecular flexibility index (Phi) is 8.91. The molecule has 0 aliphatic carbocycles. The molecule has 0 aliphatic heterocycles. The van der Waals surface area contributed by atoms with E-state index in [1.165, 1.54) is 0 Å². The molecule has 3 nitrogen and oxygen atoms in total. The molecule has 4 heteroatoms. The average Bonchev–Trinajstić information content (AvgIpc) is 2.24.